The molecule has 0 aliphatic heterocycles. The van der Waals surface area contributed by atoms with Crippen LogP contribution in [0.5, 0.6) is 0 Å². The Morgan fingerprint density at radius 3 is 2.48 bits per heavy atom. The SMILES string of the molecule is C=C(C)C(=C)CC[C@@H](C)[C@H]1CC[C@H]2[C@@H]3CCC4CC(=O)CC[C@]4(C)[C@H]3CC[C@]12C. The molecule has 4 aliphatic carbocycles. The Morgan fingerprint density at radius 1 is 1.03 bits per heavy atom. The molecule has 0 saturated heterocycles. The number of hydrogen-bond donors (Lipinski definition) is 0. The summed E-state index contributed by atoms with van der Waals surface area (Å²) in [5.41, 5.74) is 3.39. The Morgan fingerprint density at radius 2 is 1.76 bits per heavy atom. The van der Waals surface area contributed by atoms with Crippen molar-refractivity contribution in [1.82, 2.24) is 0 Å². The molecule has 4 saturated carbocycles. The van der Waals surface area contributed by atoms with Gasteiger partial charge in [0.15, 0.2) is 0 Å². The minimum absolute atomic E-state index is 0.446. The zero-order valence-corrected chi connectivity index (χ0v) is 19.6. The Bertz CT molecular complexity index is 688. The molecule has 0 spiro atoms. The fraction of sp³-hybridized carbons (Fsp3) is 0.821. The fourth-order valence-electron chi connectivity index (χ4n) is 8.84. The van der Waals surface area contributed by atoms with Gasteiger partial charge in [-0.3, -0.25) is 4.79 Å². The lowest BCUT2D eigenvalue weighted by Crippen LogP contribution is -2.53. The van der Waals surface area contributed by atoms with Gasteiger partial charge in [0.1, 0.15) is 5.78 Å². The van der Waals surface area contributed by atoms with E-state index >= 15 is 0 Å². The molecule has 0 N–H and O–H groups in total. The maximum Gasteiger partial charge on any atom is 0.133 e. The highest BCUT2D eigenvalue weighted by Crippen LogP contribution is 2.68. The van der Waals surface area contributed by atoms with Crippen LogP contribution in [-0.4, -0.2) is 5.78 Å². The summed E-state index contributed by atoms with van der Waals surface area (Å²) in [6.45, 7) is 18.2. The largest absolute Gasteiger partial charge is 0.300 e. The minimum atomic E-state index is 0.446. The van der Waals surface area contributed by atoms with Gasteiger partial charge in [-0.15, -0.1) is 0 Å². The molecule has 0 bridgehead atoms. The molecule has 0 heterocycles. The van der Waals surface area contributed by atoms with E-state index in [1.165, 1.54) is 56.9 Å². The van der Waals surface area contributed by atoms with Crippen molar-refractivity contribution in [3.63, 3.8) is 0 Å². The standard InChI is InChI=1S/C28H44O/c1-18(2)19(3)7-8-20(4)24-11-12-25-23-10-9-21-17-22(29)13-15-27(21,5)26(23)14-16-28(24,25)6/h20-21,23-26H,1,3,7-17H2,2,4-6H3/t20-,21?,23+,24-,25+,26+,27+,28-/m1/s1. The summed E-state index contributed by atoms with van der Waals surface area (Å²) in [7, 11) is 0. The second-order valence-electron chi connectivity index (χ2n) is 12.0. The number of ketones is 1. The normalized spacial score (nSPS) is 45.1. The molecular weight excluding hydrogens is 352 g/mol. The maximum atomic E-state index is 12.1. The second kappa shape index (κ2) is 7.69. The summed E-state index contributed by atoms with van der Waals surface area (Å²) in [6, 6.07) is 0. The monoisotopic (exact) mass is 396 g/mol. The molecule has 8 atom stereocenters. The predicted octanol–water partition coefficient (Wildman–Crippen LogP) is 7.76. The van der Waals surface area contributed by atoms with Gasteiger partial charge >= 0.3 is 0 Å². The molecule has 4 fully saturated rings. The van der Waals surface area contributed by atoms with Crippen LogP contribution in [-0.2, 0) is 4.79 Å². The molecule has 0 radical (unpaired) electrons. The van der Waals surface area contributed by atoms with Crippen LogP contribution >= 0.6 is 0 Å². The van der Waals surface area contributed by atoms with E-state index in [4.69, 9.17) is 0 Å². The molecule has 0 aromatic heterocycles. The molecular formula is C28H44O. The fourth-order valence-corrected chi connectivity index (χ4v) is 8.84. The first-order chi connectivity index (χ1) is 13.7. The lowest BCUT2D eigenvalue weighted by atomic mass is 9.44. The van der Waals surface area contributed by atoms with Crippen molar-refractivity contribution in [3.8, 4) is 0 Å². The van der Waals surface area contributed by atoms with Crippen molar-refractivity contribution in [3.05, 3.63) is 24.3 Å². The Labute approximate surface area is 179 Å². The first-order valence-electron chi connectivity index (χ1n) is 12.5. The number of carbonyl (C=O) groups excluding carboxylic acids is 1. The van der Waals surface area contributed by atoms with Gasteiger partial charge in [0, 0.05) is 12.8 Å². The van der Waals surface area contributed by atoms with Crippen molar-refractivity contribution < 1.29 is 4.79 Å². The van der Waals surface area contributed by atoms with Crippen LogP contribution in [0.25, 0.3) is 0 Å². The predicted molar refractivity (Wildman–Crippen MR) is 123 cm³/mol. The van der Waals surface area contributed by atoms with E-state index in [9.17, 15) is 4.79 Å². The van der Waals surface area contributed by atoms with Gasteiger partial charge in [-0.05, 0) is 111 Å². The van der Waals surface area contributed by atoms with Crippen molar-refractivity contribution in [2.45, 2.75) is 98.3 Å². The highest BCUT2D eigenvalue weighted by molar-refractivity contribution is 5.79. The van der Waals surface area contributed by atoms with Gasteiger partial charge in [0.25, 0.3) is 0 Å². The minimum Gasteiger partial charge on any atom is -0.300 e. The average molecular weight is 397 g/mol. The van der Waals surface area contributed by atoms with E-state index in [-0.39, 0.29) is 0 Å². The third kappa shape index (κ3) is 3.49. The molecule has 4 rings (SSSR count). The van der Waals surface area contributed by atoms with Crippen LogP contribution in [0.3, 0.4) is 0 Å². The topological polar surface area (TPSA) is 17.1 Å². The molecule has 0 amide bonds. The summed E-state index contributed by atoms with van der Waals surface area (Å²) in [5, 5.41) is 0. The first kappa shape index (κ1) is 21.4. The lowest BCUT2D eigenvalue weighted by molar-refractivity contribution is -0.140. The first-order valence-corrected chi connectivity index (χ1v) is 12.5. The molecule has 162 valence electrons. The van der Waals surface area contributed by atoms with Gasteiger partial charge in [-0.1, -0.05) is 45.1 Å². The average Bonchev–Trinajstić information content (AvgIpc) is 3.03. The quantitative estimate of drug-likeness (QED) is 0.434. The van der Waals surface area contributed by atoms with Gasteiger partial charge in [-0.2, -0.15) is 0 Å². The Balaban J connectivity index is 1.48. The number of hydrogen-bond acceptors (Lipinski definition) is 1. The number of Topliss-reactive ketones (excluding diaryl/α,β-unsaturated/α-hetero) is 1. The van der Waals surface area contributed by atoms with E-state index in [2.05, 4.69) is 40.9 Å². The number of carbonyl (C=O) groups is 1. The summed E-state index contributed by atoms with van der Waals surface area (Å²) >= 11 is 0. The highest BCUT2D eigenvalue weighted by atomic mass is 16.1. The number of fused-ring (bicyclic) bond motifs is 5. The van der Waals surface area contributed by atoms with Crippen LogP contribution in [0.2, 0.25) is 0 Å². The van der Waals surface area contributed by atoms with E-state index in [1.807, 2.05) is 0 Å². The van der Waals surface area contributed by atoms with Crippen molar-refractivity contribution in [2.75, 3.05) is 0 Å². The van der Waals surface area contributed by atoms with Crippen LogP contribution in [0, 0.1) is 46.3 Å². The molecule has 0 aromatic rings. The summed E-state index contributed by atoms with van der Waals surface area (Å²) in [5.74, 6) is 5.61. The number of rotatable bonds is 5. The van der Waals surface area contributed by atoms with E-state index in [0.29, 0.717) is 22.5 Å². The second-order valence-corrected chi connectivity index (χ2v) is 12.0. The zero-order valence-electron chi connectivity index (χ0n) is 19.6. The van der Waals surface area contributed by atoms with Crippen LogP contribution in [0.1, 0.15) is 98.3 Å². The van der Waals surface area contributed by atoms with Crippen LogP contribution in [0.4, 0.5) is 0 Å². The third-order valence-corrected chi connectivity index (χ3v) is 10.7. The van der Waals surface area contributed by atoms with Crippen LogP contribution in [0.15, 0.2) is 24.3 Å². The van der Waals surface area contributed by atoms with Gasteiger partial charge in [0.05, 0.1) is 0 Å². The van der Waals surface area contributed by atoms with Crippen molar-refractivity contribution >= 4 is 5.78 Å². The molecule has 29 heavy (non-hydrogen) atoms. The van der Waals surface area contributed by atoms with Gasteiger partial charge in [0.2, 0.25) is 0 Å². The highest BCUT2D eigenvalue weighted by Gasteiger charge is 2.60. The lowest BCUT2D eigenvalue weighted by Gasteiger charge is -2.60. The molecule has 4 aliphatic rings. The summed E-state index contributed by atoms with van der Waals surface area (Å²) in [4.78, 5) is 12.1. The molecule has 1 nitrogen and oxygen atoms in total. The third-order valence-electron chi connectivity index (χ3n) is 10.7. The number of allylic oxidation sites excluding steroid dienone is 2. The molecule has 0 aromatic carbocycles. The molecule has 1 heteroatoms. The zero-order chi connectivity index (χ0) is 21.0. The van der Waals surface area contributed by atoms with Crippen molar-refractivity contribution in [1.29, 1.82) is 0 Å². The Kier molecular flexibility index (Phi) is 5.67. The summed E-state index contributed by atoms with van der Waals surface area (Å²) < 4.78 is 0. The smallest absolute Gasteiger partial charge is 0.133 e. The van der Waals surface area contributed by atoms with Crippen molar-refractivity contribution in [2.24, 2.45) is 46.3 Å². The Hall–Kier alpha value is -0.850. The summed E-state index contributed by atoms with van der Waals surface area (Å²) in [6.07, 6.45) is 13.7. The van der Waals surface area contributed by atoms with E-state index in [0.717, 1.165) is 54.4 Å². The molecule has 1 unspecified atom stereocenters. The van der Waals surface area contributed by atoms with Crippen LogP contribution < -0.4 is 0 Å². The van der Waals surface area contributed by atoms with E-state index in [1.54, 1.807) is 0 Å². The van der Waals surface area contributed by atoms with Gasteiger partial charge < -0.3 is 0 Å². The van der Waals surface area contributed by atoms with Gasteiger partial charge in [-0.25, -0.2) is 0 Å². The van der Waals surface area contributed by atoms with E-state index < -0.39 is 0 Å². The maximum absolute atomic E-state index is 12.1.